The average Bonchev–Trinajstić information content (AvgIpc) is 3.22. The molecule has 2 heterocycles. The van der Waals surface area contributed by atoms with E-state index in [0.717, 1.165) is 29.3 Å². The molecule has 96 valence electrons. The Morgan fingerprint density at radius 2 is 2.10 bits per heavy atom. The number of rotatable bonds is 2. The van der Waals surface area contributed by atoms with Crippen molar-refractivity contribution in [3.63, 3.8) is 0 Å². The molecule has 0 amide bonds. The molecule has 0 unspecified atom stereocenters. The van der Waals surface area contributed by atoms with E-state index in [1.54, 1.807) is 6.07 Å². The molecule has 0 aliphatic heterocycles. The third-order valence-electron chi connectivity index (χ3n) is 3.94. The molecule has 1 aliphatic rings. The van der Waals surface area contributed by atoms with Crippen molar-refractivity contribution in [2.24, 2.45) is 5.92 Å². The monoisotopic (exact) mass is 260 g/mol. The quantitative estimate of drug-likeness (QED) is 0.661. The fourth-order valence-electron chi connectivity index (χ4n) is 2.78. The number of carbonyl (C=O) groups is 1. The highest BCUT2D eigenvalue weighted by Crippen LogP contribution is 2.35. The van der Waals surface area contributed by atoms with Crippen LogP contribution in [0.5, 0.6) is 0 Å². The first-order chi connectivity index (χ1) is 9.78. The molecule has 0 N–H and O–H groups in total. The van der Waals surface area contributed by atoms with Gasteiger partial charge in [-0.1, -0.05) is 6.07 Å². The first-order valence-corrected chi connectivity index (χ1v) is 6.76. The smallest absolute Gasteiger partial charge is 0.168 e. The van der Waals surface area contributed by atoms with Crippen molar-refractivity contribution in [1.29, 1.82) is 5.26 Å². The molecule has 0 saturated heterocycles. The molecule has 1 fully saturated rings. The molecule has 1 saturated carbocycles. The number of ketones is 1. The minimum atomic E-state index is 0.151. The van der Waals surface area contributed by atoms with Crippen LogP contribution in [0, 0.1) is 17.2 Å². The van der Waals surface area contributed by atoms with Crippen LogP contribution in [0.15, 0.2) is 42.6 Å². The van der Waals surface area contributed by atoms with Crippen molar-refractivity contribution in [3.05, 3.63) is 53.7 Å². The minimum absolute atomic E-state index is 0.151. The Kier molecular flexibility index (Phi) is 2.22. The van der Waals surface area contributed by atoms with Crippen LogP contribution in [0.25, 0.3) is 16.4 Å². The van der Waals surface area contributed by atoms with Gasteiger partial charge in [0, 0.05) is 28.6 Å². The van der Waals surface area contributed by atoms with Gasteiger partial charge in [0.05, 0.1) is 17.1 Å². The molecular formula is C17H12N2O. The number of benzene rings is 1. The molecule has 0 spiro atoms. The van der Waals surface area contributed by atoms with Gasteiger partial charge in [0.1, 0.15) is 0 Å². The number of carbonyl (C=O) groups excluding carboxylic acids is 1. The first-order valence-electron chi connectivity index (χ1n) is 6.76. The van der Waals surface area contributed by atoms with Gasteiger partial charge in [-0.25, -0.2) is 0 Å². The summed E-state index contributed by atoms with van der Waals surface area (Å²) in [6, 6.07) is 13.7. The summed E-state index contributed by atoms with van der Waals surface area (Å²) in [6.07, 6.45) is 3.91. The Morgan fingerprint density at radius 3 is 2.85 bits per heavy atom. The lowest BCUT2D eigenvalue weighted by Gasteiger charge is -2.09. The molecule has 0 atom stereocenters. The maximum absolute atomic E-state index is 12.5. The zero-order valence-electron chi connectivity index (χ0n) is 10.8. The predicted octanol–water partition coefficient (Wildman–Crippen LogP) is 3.56. The van der Waals surface area contributed by atoms with E-state index in [4.69, 9.17) is 5.26 Å². The number of fused-ring (bicyclic) bond motifs is 3. The number of hydrogen-bond acceptors (Lipinski definition) is 2. The fraction of sp³-hybridized carbons (Fsp3) is 0.176. The number of nitrogens with zero attached hydrogens (tertiary/aromatic N) is 2. The van der Waals surface area contributed by atoms with E-state index in [1.165, 1.54) is 0 Å². The second-order valence-electron chi connectivity index (χ2n) is 5.35. The summed E-state index contributed by atoms with van der Waals surface area (Å²) in [5.74, 6) is 0.325. The summed E-state index contributed by atoms with van der Waals surface area (Å²) in [6.45, 7) is 0. The lowest BCUT2D eigenvalue weighted by molar-refractivity contribution is 0.0969. The van der Waals surface area contributed by atoms with E-state index in [2.05, 4.69) is 6.07 Å². The Balaban J connectivity index is 2.14. The lowest BCUT2D eigenvalue weighted by atomic mass is 10.00. The predicted molar refractivity (Wildman–Crippen MR) is 76.7 cm³/mol. The summed E-state index contributed by atoms with van der Waals surface area (Å²) in [4.78, 5) is 12.5. The Morgan fingerprint density at radius 1 is 1.25 bits per heavy atom. The van der Waals surface area contributed by atoms with Crippen molar-refractivity contribution in [2.75, 3.05) is 0 Å². The molecular weight excluding hydrogens is 248 g/mol. The third kappa shape index (κ3) is 1.55. The topological polar surface area (TPSA) is 45.3 Å². The van der Waals surface area contributed by atoms with Crippen molar-refractivity contribution >= 4 is 22.2 Å². The normalized spacial score (nSPS) is 14.6. The van der Waals surface area contributed by atoms with Gasteiger partial charge in [-0.15, -0.1) is 0 Å². The standard InChI is InChI=1S/C17H12N2O/c18-10-11-8-13-5-6-14-2-1-7-19(14)16(13)15(9-11)17(20)12-3-4-12/h1-2,5-9,12H,3-4H2. The molecule has 1 aliphatic carbocycles. The lowest BCUT2D eigenvalue weighted by Crippen LogP contribution is -2.05. The third-order valence-corrected chi connectivity index (χ3v) is 3.94. The Hall–Kier alpha value is -2.60. The zero-order valence-corrected chi connectivity index (χ0v) is 10.8. The number of hydrogen-bond donors (Lipinski definition) is 0. The van der Waals surface area contributed by atoms with Gasteiger partial charge < -0.3 is 4.40 Å². The van der Waals surface area contributed by atoms with Gasteiger partial charge in [-0.05, 0) is 43.2 Å². The summed E-state index contributed by atoms with van der Waals surface area (Å²) < 4.78 is 2.03. The number of Topliss-reactive ketones (excluding diaryl/α,β-unsaturated/α-hetero) is 1. The minimum Gasteiger partial charge on any atom is -0.316 e. The molecule has 3 aromatic rings. The second kappa shape index (κ2) is 3.94. The van der Waals surface area contributed by atoms with Crippen LogP contribution < -0.4 is 0 Å². The highest BCUT2D eigenvalue weighted by atomic mass is 16.1. The highest BCUT2D eigenvalue weighted by Gasteiger charge is 2.32. The number of nitriles is 1. The van der Waals surface area contributed by atoms with Crippen LogP contribution in [-0.4, -0.2) is 10.2 Å². The number of aromatic nitrogens is 1. The number of pyridine rings is 1. The van der Waals surface area contributed by atoms with E-state index >= 15 is 0 Å². The molecule has 0 bridgehead atoms. The molecule has 3 nitrogen and oxygen atoms in total. The van der Waals surface area contributed by atoms with Crippen molar-refractivity contribution in [3.8, 4) is 6.07 Å². The van der Waals surface area contributed by atoms with Gasteiger partial charge in [-0.2, -0.15) is 5.26 Å². The summed E-state index contributed by atoms with van der Waals surface area (Å²) >= 11 is 0. The maximum atomic E-state index is 12.5. The van der Waals surface area contributed by atoms with Gasteiger partial charge in [0.2, 0.25) is 0 Å². The Bertz CT molecular complexity index is 894. The summed E-state index contributed by atoms with van der Waals surface area (Å²) in [5.41, 5.74) is 3.21. The van der Waals surface area contributed by atoms with Gasteiger partial charge in [0.25, 0.3) is 0 Å². The van der Waals surface area contributed by atoms with Crippen LogP contribution in [0.4, 0.5) is 0 Å². The fourth-order valence-corrected chi connectivity index (χ4v) is 2.78. The van der Waals surface area contributed by atoms with E-state index in [0.29, 0.717) is 11.1 Å². The van der Waals surface area contributed by atoms with Crippen LogP contribution in [0.1, 0.15) is 28.8 Å². The second-order valence-corrected chi connectivity index (χ2v) is 5.35. The van der Waals surface area contributed by atoms with Crippen LogP contribution in [0.3, 0.4) is 0 Å². The zero-order chi connectivity index (χ0) is 13.7. The van der Waals surface area contributed by atoms with Crippen LogP contribution in [-0.2, 0) is 0 Å². The molecule has 0 radical (unpaired) electrons. The van der Waals surface area contributed by atoms with E-state index in [9.17, 15) is 4.79 Å². The van der Waals surface area contributed by atoms with E-state index in [-0.39, 0.29) is 11.7 Å². The molecule has 3 heteroatoms. The van der Waals surface area contributed by atoms with Crippen molar-refractivity contribution in [2.45, 2.75) is 12.8 Å². The van der Waals surface area contributed by atoms with Crippen molar-refractivity contribution < 1.29 is 4.79 Å². The highest BCUT2D eigenvalue weighted by molar-refractivity contribution is 6.09. The summed E-state index contributed by atoms with van der Waals surface area (Å²) in [5, 5.41) is 10.1. The molecule has 20 heavy (non-hydrogen) atoms. The molecule has 4 rings (SSSR count). The van der Waals surface area contributed by atoms with Gasteiger partial charge in [0.15, 0.2) is 5.78 Å². The van der Waals surface area contributed by atoms with Crippen molar-refractivity contribution in [1.82, 2.24) is 4.40 Å². The summed E-state index contributed by atoms with van der Waals surface area (Å²) in [7, 11) is 0. The van der Waals surface area contributed by atoms with Gasteiger partial charge >= 0.3 is 0 Å². The first kappa shape index (κ1) is 11.2. The Labute approximate surface area is 116 Å². The van der Waals surface area contributed by atoms with E-state index < -0.39 is 0 Å². The van der Waals surface area contributed by atoms with Crippen LogP contribution >= 0.6 is 0 Å². The maximum Gasteiger partial charge on any atom is 0.168 e. The average molecular weight is 260 g/mol. The van der Waals surface area contributed by atoms with Gasteiger partial charge in [-0.3, -0.25) is 4.79 Å². The largest absolute Gasteiger partial charge is 0.316 e. The van der Waals surface area contributed by atoms with Crippen LogP contribution in [0.2, 0.25) is 0 Å². The molecule has 1 aromatic carbocycles. The van der Waals surface area contributed by atoms with E-state index in [1.807, 2.05) is 40.9 Å². The molecule has 2 aromatic heterocycles. The SMILES string of the molecule is N#Cc1cc(C(=O)C2CC2)c2c(ccc3cccn32)c1.